The van der Waals surface area contributed by atoms with E-state index in [1.54, 1.807) is 19.3 Å². The number of hydrogen-bond donors (Lipinski definition) is 2. The summed E-state index contributed by atoms with van der Waals surface area (Å²) >= 11 is 0. The van der Waals surface area contributed by atoms with Gasteiger partial charge >= 0.3 is 0 Å². The molecule has 0 radical (unpaired) electrons. The summed E-state index contributed by atoms with van der Waals surface area (Å²) in [6.07, 6.45) is 3.05. The fourth-order valence-corrected chi connectivity index (χ4v) is 2.62. The lowest BCUT2D eigenvalue weighted by atomic mass is 10.0. The molecular weight excluding hydrogens is 300 g/mol. The maximum atomic E-state index is 9.79. The van der Waals surface area contributed by atoms with Crippen molar-refractivity contribution in [3.05, 3.63) is 47.8 Å². The average Bonchev–Trinajstić information content (AvgIpc) is 2.54. The van der Waals surface area contributed by atoms with Crippen molar-refractivity contribution in [2.24, 2.45) is 0 Å². The minimum absolute atomic E-state index is 0.288. The van der Waals surface area contributed by atoms with E-state index in [9.17, 15) is 5.11 Å². The number of hydrogen-bond acceptors (Lipinski definition) is 5. The molecule has 2 aromatic heterocycles. The molecule has 5 nitrogen and oxygen atoms in total. The van der Waals surface area contributed by atoms with Crippen LogP contribution >= 0.6 is 0 Å². The van der Waals surface area contributed by atoms with Gasteiger partial charge in [0.15, 0.2) is 0 Å². The number of aryl methyl sites for hydroxylation is 1. The third-order valence-corrected chi connectivity index (χ3v) is 3.89. The molecule has 2 N–H and O–H groups in total. The largest absolute Gasteiger partial charge is 0.389 e. The van der Waals surface area contributed by atoms with Gasteiger partial charge in [-0.1, -0.05) is 12.1 Å². The zero-order valence-electron chi connectivity index (χ0n) is 14.4. The molecule has 0 aliphatic heterocycles. The van der Waals surface area contributed by atoms with E-state index in [1.165, 1.54) is 0 Å². The van der Waals surface area contributed by atoms with Gasteiger partial charge in [-0.3, -0.25) is 0 Å². The molecular formula is C19H22N4O. The van der Waals surface area contributed by atoms with Crippen LogP contribution in [0.25, 0.3) is 22.2 Å². The maximum absolute atomic E-state index is 9.79. The number of aliphatic hydroxyl groups excluding tert-OH is 1. The molecule has 1 atom stereocenters. The highest BCUT2D eigenvalue weighted by molar-refractivity contribution is 5.85. The van der Waals surface area contributed by atoms with Crippen molar-refractivity contribution in [2.75, 3.05) is 5.32 Å². The molecule has 0 amide bonds. The first kappa shape index (κ1) is 16.3. The smallest absolute Gasteiger partial charge is 0.222 e. The first-order chi connectivity index (χ1) is 11.4. The zero-order chi connectivity index (χ0) is 17.3. The lowest BCUT2D eigenvalue weighted by Gasteiger charge is -2.11. The Labute approximate surface area is 141 Å². The standard InChI is InChI=1S/C19H22N4O/c1-11(2)22-19-20-9-15(10-21-19)17-7-12(3)16-6-5-14(13(4)24)8-18(16)23-17/h5-11,13,24H,1-4H3,(H,20,21,22). The highest BCUT2D eigenvalue weighted by Crippen LogP contribution is 2.26. The van der Waals surface area contributed by atoms with Gasteiger partial charge in [-0.2, -0.15) is 0 Å². The third-order valence-electron chi connectivity index (χ3n) is 3.89. The quantitative estimate of drug-likeness (QED) is 0.763. The van der Waals surface area contributed by atoms with E-state index < -0.39 is 6.10 Å². The van der Waals surface area contributed by atoms with Gasteiger partial charge in [0.1, 0.15) is 0 Å². The fraction of sp³-hybridized carbons (Fsp3) is 0.316. The van der Waals surface area contributed by atoms with E-state index in [0.717, 1.165) is 33.3 Å². The predicted molar refractivity (Wildman–Crippen MR) is 96.9 cm³/mol. The molecule has 24 heavy (non-hydrogen) atoms. The van der Waals surface area contributed by atoms with Gasteiger partial charge in [0, 0.05) is 29.4 Å². The Morgan fingerprint density at radius 3 is 2.38 bits per heavy atom. The van der Waals surface area contributed by atoms with Crippen LogP contribution in [0.3, 0.4) is 0 Å². The Bertz CT molecular complexity index is 857. The number of fused-ring (bicyclic) bond motifs is 1. The molecule has 0 spiro atoms. The van der Waals surface area contributed by atoms with E-state index in [2.05, 4.69) is 22.2 Å². The van der Waals surface area contributed by atoms with Gasteiger partial charge in [-0.25, -0.2) is 15.0 Å². The monoisotopic (exact) mass is 322 g/mol. The van der Waals surface area contributed by atoms with Crippen LogP contribution in [-0.4, -0.2) is 26.1 Å². The molecule has 3 rings (SSSR count). The summed E-state index contributed by atoms with van der Waals surface area (Å²) in [4.78, 5) is 13.4. The number of aromatic nitrogens is 3. The molecule has 1 unspecified atom stereocenters. The highest BCUT2D eigenvalue weighted by Gasteiger charge is 2.09. The molecule has 5 heteroatoms. The van der Waals surface area contributed by atoms with Crippen molar-refractivity contribution in [3.8, 4) is 11.3 Å². The first-order valence-corrected chi connectivity index (χ1v) is 8.12. The minimum atomic E-state index is -0.509. The highest BCUT2D eigenvalue weighted by atomic mass is 16.3. The molecule has 0 aliphatic rings. The van der Waals surface area contributed by atoms with E-state index >= 15 is 0 Å². The van der Waals surface area contributed by atoms with Crippen LogP contribution in [-0.2, 0) is 0 Å². The first-order valence-electron chi connectivity index (χ1n) is 8.12. The molecule has 2 heterocycles. The third kappa shape index (κ3) is 3.36. The lowest BCUT2D eigenvalue weighted by molar-refractivity contribution is 0.199. The van der Waals surface area contributed by atoms with Gasteiger partial charge in [0.2, 0.25) is 5.95 Å². The van der Waals surface area contributed by atoms with Crippen molar-refractivity contribution in [1.82, 2.24) is 15.0 Å². The summed E-state index contributed by atoms with van der Waals surface area (Å²) in [6.45, 7) is 7.91. The second-order valence-electron chi connectivity index (χ2n) is 6.37. The summed E-state index contributed by atoms with van der Waals surface area (Å²) in [5, 5.41) is 14.0. The predicted octanol–water partition coefficient (Wildman–Crippen LogP) is 3.87. The number of nitrogens with zero attached hydrogens (tertiary/aromatic N) is 3. The van der Waals surface area contributed by atoms with E-state index in [-0.39, 0.29) is 6.04 Å². The number of anilines is 1. The molecule has 0 bridgehead atoms. The van der Waals surface area contributed by atoms with Crippen LogP contribution in [0, 0.1) is 6.92 Å². The lowest BCUT2D eigenvalue weighted by Crippen LogP contribution is -2.12. The molecule has 0 aliphatic carbocycles. The van der Waals surface area contributed by atoms with Crippen molar-refractivity contribution in [3.63, 3.8) is 0 Å². The van der Waals surface area contributed by atoms with E-state index in [1.807, 2.05) is 38.1 Å². The Hall–Kier alpha value is -2.53. The van der Waals surface area contributed by atoms with Crippen LogP contribution in [0.15, 0.2) is 36.7 Å². The Kier molecular flexibility index (Phi) is 4.44. The van der Waals surface area contributed by atoms with Crippen LogP contribution in [0.4, 0.5) is 5.95 Å². The van der Waals surface area contributed by atoms with Crippen molar-refractivity contribution in [2.45, 2.75) is 39.8 Å². The number of aliphatic hydroxyl groups is 1. The van der Waals surface area contributed by atoms with Crippen LogP contribution < -0.4 is 5.32 Å². The normalized spacial score (nSPS) is 12.6. The van der Waals surface area contributed by atoms with Gasteiger partial charge in [0.05, 0.1) is 17.3 Å². The van der Waals surface area contributed by atoms with Crippen molar-refractivity contribution >= 4 is 16.9 Å². The summed E-state index contributed by atoms with van der Waals surface area (Å²) in [5.74, 6) is 0.614. The topological polar surface area (TPSA) is 70.9 Å². The summed E-state index contributed by atoms with van der Waals surface area (Å²) in [7, 11) is 0. The number of pyridine rings is 1. The second kappa shape index (κ2) is 6.53. The summed E-state index contributed by atoms with van der Waals surface area (Å²) in [5.41, 5.74) is 4.57. The maximum Gasteiger partial charge on any atom is 0.222 e. The van der Waals surface area contributed by atoms with Gasteiger partial charge in [-0.05, 0) is 51.0 Å². The zero-order valence-corrected chi connectivity index (χ0v) is 14.4. The molecule has 0 fully saturated rings. The molecule has 0 saturated heterocycles. The van der Waals surface area contributed by atoms with Gasteiger partial charge < -0.3 is 10.4 Å². The number of nitrogens with one attached hydrogen (secondary N) is 1. The number of benzene rings is 1. The van der Waals surface area contributed by atoms with Crippen LogP contribution in [0.5, 0.6) is 0 Å². The summed E-state index contributed by atoms with van der Waals surface area (Å²) in [6, 6.07) is 8.22. The molecule has 0 saturated carbocycles. The van der Waals surface area contributed by atoms with Crippen LogP contribution in [0.2, 0.25) is 0 Å². The molecule has 124 valence electrons. The Morgan fingerprint density at radius 1 is 1.04 bits per heavy atom. The van der Waals surface area contributed by atoms with E-state index in [0.29, 0.717) is 5.95 Å². The minimum Gasteiger partial charge on any atom is -0.389 e. The number of rotatable bonds is 4. The van der Waals surface area contributed by atoms with Crippen molar-refractivity contribution in [1.29, 1.82) is 0 Å². The second-order valence-corrected chi connectivity index (χ2v) is 6.37. The average molecular weight is 322 g/mol. The SMILES string of the molecule is Cc1cc(-c2cnc(NC(C)C)nc2)nc2cc(C(C)O)ccc12. The van der Waals surface area contributed by atoms with Crippen LogP contribution in [0.1, 0.15) is 38.0 Å². The van der Waals surface area contributed by atoms with Gasteiger partial charge in [0.25, 0.3) is 0 Å². The Balaban J connectivity index is 2.02. The fourth-order valence-electron chi connectivity index (χ4n) is 2.62. The molecule has 1 aromatic carbocycles. The molecule has 3 aromatic rings. The Morgan fingerprint density at radius 2 is 1.75 bits per heavy atom. The van der Waals surface area contributed by atoms with E-state index in [4.69, 9.17) is 4.98 Å². The van der Waals surface area contributed by atoms with Crippen molar-refractivity contribution < 1.29 is 5.11 Å². The summed E-state index contributed by atoms with van der Waals surface area (Å²) < 4.78 is 0. The van der Waals surface area contributed by atoms with Gasteiger partial charge in [-0.15, -0.1) is 0 Å².